The Labute approximate surface area is 167 Å². The summed E-state index contributed by atoms with van der Waals surface area (Å²) in [5, 5.41) is 4.97. The lowest BCUT2D eigenvalue weighted by molar-refractivity contribution is 0.198. The quantitative estimate of drug-likeness (QED) is 0.660. The average molecular weight is 401 g/mol. The molecule has 2 aromatic carbocycles. The van der Waals surface area contributed by atoms with Crippen molar-refractivity contribution in [3.05, 3.63) is 59.8 Å². The van der Waals surface area contributed by atoms with E-state index in [0.717, 1.165) is 27.0 Å². The second-order valence-electron chi connectivity index (χ2n) is 7.55. The molecular weight excluding hydrogens is 372 g/mol. The van der Waals surface area contributed by atoms with E-state index in [-0.39, 0.29) is 10.9 Å². The van der Waals surface area contributed by atoms with Gasteiger partial charge in [0.25, 0.3) is 10.0 Å². The van der Waals surface area contributed by atoms with Crippen LogP contribution in [0.25, 0.3) is 10.9 Å². The molecule has 1 atom stereocenters. The number of nitrogens with zero attached hydrogens (tertiary/aromatic N) is 3. The molecule has 0 spiro atoms. The smallest absolute Gasteiger partial charge is 0.283 e. The molecule has 0 aliphatic heterocycles. The molecule has 150 valence electrons. The normalized spacial score (nSPS) is 13.5. The van der Waals surface area contributed by atoms with Crippen molar-refractivity contribution in [2.75, 3.05) is 13.6 Å². The third kappa shape index (κ3) is 3.97. The van der Waals surface area contributed by atoms with Gasteiger partial charge in [0.2, 0.25) is 0 Å². The van der Waals surface area contributed by atoms with Gasteiger partial charge in [-0.1, -0.05) is 23.8 Å². The largest absolute Gasteiger partial charge is 0.329 e. The van der Waals surface area contributed by atoms with E-state index in [2.05, 4.69) is 30.9 Å². The van der Waals surface area contributed by atoms with Gasteiger partial charge in [-0.2, -0.15) is 17.6 Å². The van der Waals surface area contributed by atoms with E-state index in [0.29, 0.717) is 18.1 Å². The summed E-state index contributed by atoms with van der Waals surface area (Å²) >= 11 is 0. The van der Waals surface area contributed by atoms with Crippen molar-refractivity contribution in [3.63, 3.8) is 0 Å². The summed E-state index contributed by atoms with van der Waals surface area (Å²) in [5.74, 6) is 0. The highest BCUT2D eigenvalue weighted by Gasteiger charge is 2.21. The van der Waals surface area contributed by atoms with E-state index in [1.165, 1.54) is 0 Å². The van der Waals surface area contributed by atoms with Gasteiger partial charge in [0, 0.05) is 24.0 Å². The summed E-state index contributed by atoms with van der Waals surface area (Å²) < 4.78 is 27.1. The van der Waals surface area contributed by atoms with Gasteiger partial charge < -0.3 is 5.73 Å². The monoisotopic (exact) mass is 400 g/mol. The molecule has 0 aliphatic rings. The number of fused-ring (bicyclic) bond motifs is 1. The molecule has 0 radical (unpaired) electrons. The van der Waals surface area contributed by atoms with Crippen molar-refractivity contribution in [1.29, 1.82) is 0 Å². The minimum Gasteiger partial charge on any atom is -0.329 e. The molecule has 28 heavy (non-hydrogen) atoms. The minimum absolute atomic E-state index is 0.226. The summed E-state index contributed by atoms with van der Waals surface area (Å²) in [7, 11) is -1.65. The zero-order valence-electron chi connectivity index (χ0n) is 16.8. The van der Waals surface area contributed by atoms with Crippen LogP contribution in [0.2, 0.25) is 0 Å². The molecule has 0 saturated heterocycles. The summed E-state index contributed by atoms with van der Waals surface area (Å²) in [4.78, 5) is 2.49. The fourth-order valence-corrected chi connectivity index (χ4v) is 4.55. The van der Waals surface area contributed by atoms with Gasteiger partial charge in [0.15, 0.2) is 0 Å². The SMILES string of the molecule is Cc1ccc(S(=O)(=O)n2ncc3cc(C[C@@H](CN)N(C)C(C)C)ccc32)cc1. The lowest BCUT2D eigenvalue weighted by atomic mass is 10.0. The topological polar surface area (TPSA) is 81.2 Å². The van der Waals surface area contributed by atoms with Gasteiger partial charge in [-0.15, -0.1) is 0 Å². The Morgan fingerprint density at radius 3 is 2.43 bits per heavy atom. The Morgan fingerprint density at radius 2 is 1.82 bits per heavy atom. The summed E-state index contributed by atoms with van der Waals surface area (Å²) in [6.07, 6.45) is 2.41. The Morgan fingerprint density at radius 1 is 1.14 bits per heavy atom. The molecule has 2 N–H and O–H groups in total. The zero-order valence-corrected chi connectivity index (χ0v) is 17.6. The molecule has 1 heterocycles. The Kier molecular flexibility index (Phi) is 5.88. The lowest BCUT2D eigenvalue weighted by Gasteiger charge is -2.30. The highest BCUT2D eigenvalue weighted by Crippen LogP contribution is 2.22. The molecule has 3 aromatic rings. The highest BCUT2D eigenvalue weighted by molar-refractivity contribution is 7.90. The van der Waals surface area contributed by atoms with Crippen LogP contribution in [0.5, 0.6) is 0 Å². The standard InChI is InChI=1S/C21H28N4O2S/c1-15(2)24(4)19(13-22)12-17-7-10-21-18(11-17)14-23-25(21)28(26,27)20-8-5-16(3)6-9-20/h5-11,14-15,19H,12-13,22H2,1-4H3/t19-/m0/s1. The zero-order chi connectivity index (χ0) is 20.5. The average Bonchev–Trinajstić information content (AvgIpc) is 3.09. The molecule has 7 heteroatoms. The van der Waals surface area contributed by atoms with E-state index in [4.69, 9.17) is 5.73 Å². The van der Waals surface area contributed by atoms with Crippen LogP contribution in [0, 0.1) is 6.92 Å². The van der Waals surface area contributed by atoms with Crippen molar-refractivity contribution >= 4 is 20.9 Å². The highest BCUT2D eigenvalue weighted by atomic mass is 32.2. The Balaban J connectivity index is 1.93. The van der Waals surface area contributed by atoms with Crippen molar-refractivity contribution in [2.45, 2.75) is 44.2 Å². The first kappa shape index (κ1) is 20.5. The minimum atomic E-state index is -3.73. The number of aryl methyl sites for hydroxylation is 1. The van der Waals surface area contributed by atoms with Gasteiger partial charge in [0.1, 0.15) is 0 Å². The van der Waals surface area contributed by atoms with E-state index >= 15 is 0 Å². The fourth-order valence-electron chi connectivity index (χ4n) is 3.27. The predicted octanol–water partition coefficient (Wildman–Crippen LogP) is 2.79. The van der Waals surface area contributed by atoms with Crippen molar-refractivity contribution in [1.82, 2.24) is 14.1 Å². The number of hydrogen-bond acceptors (Lipinski definition) is 5. The molecule has 0 aliphatic carbocycles. The van der Waals surface area contributed by atoms with Crippen LogP contribution in [-0.4, -0.2) is 48.2 Å². The van der Waals surface area contributed by atoms with Crippen LogP contribution in [0.1, 0.15) is 25.0 Å². The van der Waals surface area contributed by atoms with Gasteiger partial charge in [0.05, 0.1) is 16.6 Å². The van der Waals surface area contributed by atoms with Crippen molar-refractivity contribution < 1.29 is 8.42 Å². The molecule has 3 rings (SSSR count). The second kappa shape index (κ2) is 8.03. The molecule has 0 amide bonds. The molecule has 1 aromatic heterocycles. The molecular formula is C21H28N4O2S. The van der Waals surface area contributed by atoms with Crippen LogP contribution in [-0.2, 0) is 16.4 Å². The first-order valence-corrected chi connectivity index (χ1v) is 10.9. The van der Waals surface area contributed by atoms with Crippen LogP contribution in [0.15, 0.2) is 53.6 Å². The maximum Gasteiger partial charge on any atom is 0.283 e. The molecule has 6 nitrogen and oxygen atoms in total. The van der Waals surface area contributed by atoms with E-state index in [9.17, 15) is 8.42 Å². The summed E-state index contributed by atoms with van der Waals surface area (Å²) in [5.41, 5.74) is 8.67. The van der Waals surface area contributed by atoms with E-state index in [1.807, 2.05) is 25.1 Å². The maximum absolute atomic E-state index is 13.0. The third-order valence-electron chi connectivity index (χ3n) is 5.28. The van der Waals surface area contributed by atoms with Crippen LogP contribution < -0.4 is 5.73 Å². The number of hydrogen-bond donors (Lipinski definition) is 1. The number of aromatic nitrogens is 2. The molecule has 0 fully saturated rings. The maximum atomic E-state index is 13.0. The van der Waals surface area contributed by atoms with Gasteiger partial charge in [-0.05, 0) is 64.1 Å². The fraction of sp³-hybridized carbons (Fsp3) is 0.381. The third-order valence-corrected chi connectivity index (χ3v) is 6.89. The van der Waals surface area contributed by atoms with Crippen LogP contribution in [0.3, 0.4) is 0 Å². The lowest BCUT2D eigenvalue weighted by Crippen LogP contribution is -2.43. The number of likely N-dealkylation sites (N-methyl/N-ethyl adjacent to an activating group) is 1. The summed E-state index contributed by atoms with van der Waals surface area (Å²) in [6.45, 7) is 6.78. The van der Waals surface area contributed by atoms with Crippen molar-refractivity contribution in [2.24, 2.45) is 5.73 Å². The van der Waals surface area contributed by atoms with E-state index in [1.54, 1.807) is 30.5 Å². The first-order chi connectivity index (χ1) is 13.2. The first-order valence-electron chi connectivity index (χ1n) is 9.45. The van der Waals surface area contributed by atoms with E-state index < -0.39 is 10.0 Å². The molecule has 0 unspecified atom stereocenters. The molecule has 0 bridgehead atoms. The molecule has 0 saturated carbocycles. The predicted molar refractivity (Wildman–Crippen MR) is 113 cm³/mol. The Hall–Kier alpha value is -2.22. The summed E-state index contributed by atoms with van der Waals surface area (Å²) in [6, 6.07) is 13.2. The number of nitrogens with two attached hydrogens (primary N) is 1. The van der Waals surface area contributed by atoms with Gasteiger partial charge in [-0.25, -0.2) is 0 Å². The van der Waals surface area contributed by atoms with Crippen LogP contribution >= 0.6 is 0 Å². The second-order valence-corrected chi connectivity index (χ2v) is 9.32. The van der Waals surface area contributed by atoms with Gasteiger partial charge in [-0.3, -0.25) is 4.90 Å². The number of benzene rings is 2. The van der Waals surface area contributed by atoms with Gasteiger partial charge >= 0.3 is 0 Å². The van der Waals surface area contributed by atoms with Crippen molar-refractivity contribution in [3.8, 4) is 0 Å². The number of rotatable bonds is 7. The van der Waals surface area contributed by atoms with Crippen LogP contribution in [0.4, 0.5) is 0 Å². The Bertz CT molecular complexity index is 1060.